The number of nitrogens with two attached hydrogens (primary N) is 4. The van der Waals surface area contributed by atoms with Crippen molar-refractivity contribution in [2.24, 2.45) is 0 Å². The number of nitrogens with one attached hydrogen (secondary N) is 2. The van der Waals surface area contributed by atoms with Gasteiger partial charge in [0.25, 0.3) is 16.8 Å². The van der Waals surface area contributed by atoms with Crippen LogP contribution in [0.25, 0.3) is 0 Å². The third-order valence-corrected chi connectivity index (χ3v) is 4.02. The minimum atomic E-state index is -1.13. The molecule has 28 heavy (non-hydrogen) atoms. The van der Waals surface area contributed by atoms with Crippen molar-refractivity contribution in [1.29, 1.82) is 0 Å². The summed E-state index contributed by atoms with van der Waals surface area (Å²) in [6.07, 6.45) is 0. The van der Waals surface area contributed by atoms with Crippen LogP contribution in [0.4, 0.5) is 29.2 Å². The second-order valence-corrected chi connectivity index (χ2v) is 5.78. The quantitative estimate of drug-likeness (QED) is 0.243. The molecule has 1 aromatic carbocycles. The van der Waals surface area contributed by atoms with Crippen molar-refractivity contribution in [2.45, 2.75) is 5.92 Å². The van der Waals surface area contributed by atoms with Gasteiger partial charge in [0, 0.05) is 12.1 Å². The highest BCUT2D eigenvalue weighted by molar-refractivity contribution is 5.58. The largest absolute Gasteiger partial charge is 0.383 e. The maximum absolute atomic E-state index is 12.6. The van der Waals surface area contributed by atoms with E-state index in [9.17, 15) is 19.7 Å². The molecule has 0 radical (unpaired) electrons. The van der Waals surface area contributed by atoms with Crippen LogP contribution in [0.3, 0.4) is 0 Å². The summed E-state index contributed by atoms with van der Waals surface area (Å²) < 4.78 is 0. The molecule has 0 bridgehead atoms. The lowest BCUT2D eigenvalue weighted by atomic mass is 9.86. The number of nitro benzene ring substituents is 1. The number of non-ortho nitro benzene ring substituents is 1. The molecule has 0 aliphatic heterocycles. The van der Waals surface area contributed by atoms with Crippen LogP contribution >= 0.6 is 0 Å². The Kier molecular flexibility index (Phi) is 4.40. The fourth-order valence-electron chi connectivity index (χ4n) is 2.86. The summed E-state index contributed by atoms with van der Waals surface area (Å²) in [5.74, 6) is -2.04. The Balaban J connectivity index is 2.35. The topological polar surface area (TPSA) is 239 Å². The Labute approximate surface area is 155 Å². The Bertz CT molecular complexity index is 1120. The summed E-state index contributed by atoms with van der Waals surface area (Å²) in [4.78, 5) is 47.7. The zero-order valence-corrected chi connectivity index (χ0v) is 14.2. The number of hydrogen-bond acceptors (Lipinski definition) is 10. The molecule has 0 spiro atoms. The van der Waals surface area contributed by atoms with Crippen LogP contribution in [0.5, 0.6) is 0 Å². The molecule has 0 unspecified atom stereocenters. The molecule has 0 saturated heterocycles. The number of aromatic nitrogens is 4. The normalized spacial score (nSPS) is 10.9. The Morgan fingerprint density at radius 3 is 1.64 bits per heavy atom. The minimum Gasteiger partial charge on any atom is -0.383 e. The summed E-state index contributed by atoms with van der Waals surface area (Å²) in [6, 6.07) is 5.17. The third kappa shape index (κ3) is 3.18. The number of anilines is 4. The molecule has 0 atom stereocenters. The molecule has 10 N–H and O–H groups in total. The fraction of sp³-hybridized carbons (Fsp3) is 0.0667. The smallest absolute Gasteiger partial charge is 0.269 e. The molecule has 0 saturated carbocycles. The lowest BCUT2D eigenvalue weighted by molar-refractivity contribution is -0.384. The number of benzene rings is 1. The van der Waals surface area contributed by atoms with E-state index < -0.39 is 22.0 Å². The predicted octanol–water partition coefficient (Wildman–Crippen LogP) is -0.730. The molecule has 0 amide bonds. The predicted molar refractivity (Wildman–Crippen MR) is 101 cm³/mol. The lowest BCUT2D eigenvalue weighted by Gasteiger charge is -2.19. The molecule has 3 aromatic rings. The average molecular weight is 385 g/mol. The number of nitrogens with zero attached hydrogens (tertiary/aromatic N) is 3. The van der Waals surface area contributed by atoms with E-state index in [1.165, 1.54) is 24.3 Å². The van der Waals surface area contributed by atoms with E-state index in [0.29, 0.717) is 5.56 Å². The number of hydrogen-bond donors (Lipinski definition) is 6. The summed E-state index contributed by atoms with van der Waals surface area (Å²) in [7, 11) is 0. The summed E-state index contributed by atoms with van der Waals surface area (Å²) >= 11 is 0. The van der Waals surface area contributed by atoms with E-state index in [0.717, 1.165) is 0 Å². The van der Waals surface area contributed by atoms with Gasteiger partial charge in [0.15, 0.2) is 0 Å². The number of aromatic amines is 2. The first-order valence-corrected chi connectivity index (χ1v) is 7.73. The van der Waals surface area contributed by atoms with Crippen LogP contribution in [0.1, 0.15) is 22.6 Å². The van der Waals surface area contributed by atoms with Crippen molar-refractivity contribution in [3.8, 4) is 0 Å². The first kappa shape index (κ1) is 18.4. The number of nitro groups is 1. The highest BCUT2D eigenvalue weighted by Gasteiger charge is 2.29. The van der Waals surface area contributed by atoms with Gasteiger partial charge < -0.3 is 22.9 Å². The van der Waals surface area contributed by atoms with Crippen LogP contribution < -0.4 is 34.1 Å². The monoisotopic (exact) mass is 385 g/mol. The van der Waals surface area contributed by atoms with E-state index in [4.69, 9.17) is 22.9 Å². The van der Waals surface area contributed by atoms with Gasteiger partial charge in [-0.25, -0.2) is 0 Å². The zero-order chi connectivity index (χ0) is 20.6. The van der Waals surface area contributed by atoms with Crippen LogP contribution in [0, 0.1) is 10.1 Å². The second kappa shape index (κ2) is 6.71. The van der Waals surface area contributed by atoms with Crippen molar-refractivity contribution in [3.63, 3.8) is 0 Å². The van der Waals surface area contributed by atoms with Gasteiger partial charge >= 0.3 is 0 Å². The van der Waals surface area contributed by atoms with Gasteiger partial charge in [0.1, 0.15) is 11.6 Å². The van der Waals surface area contributed by atoms with Crippen molar-refractivity contribution < 1.29 is 4.92 Å². The first-order chi connectivity index (χ1) is 13.2. The molecule has 13 heteroatoms. The van der Waals surface area contributed by atoms with Crippen LogP contribution in [0.15, 0.2) is 33.9 Å². The molecular formula is C15H15N9O4. The van der Waals surface area contributed by atoms with Crippen molar-refractivity contribution >= 4 is 29.2 Å². The summed E-state index contributed by atoms with van der Waals surface area (Å²) in [6.45, 7) is 0. The van der Waals surface area contributed by atoms with Gasteiger partial charge in [0.05, 0.1) is 22.0 Å². The Morgan fingerprint density at radius 2 is 1.29 bits per heavy atom. The summed E-state index contributed by atoms with van der Waals surface area (Å²) in [5, 5.41) is 10.9. The standard InChI is InChI=1S/C15H15N9O4/c16-10-8(12(25)22-14(18)20-10)7(5-1-3-6(4-2-5)24(27)28)9-11(17)21-15(19)23-13(9)26/h1-4,7H,(H5,16,18,20,22,25)(H5,17,19,21,23,26). The maximum Gasteiger partial charge on any atom is 0.269 e. The third-order valence-electron chi connectivity index (χ3n) is 4.02. The molecule has 2 aromatic heterocycles. The molecule has 2 heterocycles. The Hall–Kier alpha value is -4.42. The molecule has 13 nitrogen and oxygen atoms in total. The zero-order valence-electron chi connectivity index (χ0n) is 14.2. The van der Waals surface area contributed by atoms with Gasteiger partial charge in [0.2, 0.25) is 11.9 Å². The van der Waals surface area contributed by atoms with Gasteiger partial charge in [-0.3, -0.25) is 29.7 Å². The lowest BCUT2D eigenvalue weighted by Crippen LogP contribution is -2.29. The van der Waals surface area contributed by atoms with Crippen molar-refractivity contribution in [3.05, 3.63) is 71.8 Å². The van der Waals surface area contributed by atoms with E-state index >= 15 is 0 Å². The van der Waals surface area contributed by atoms with Gasteiger partial charge in [-0.15, -0.1) is 0 Å². The van der Waals surface area contributed by atoms with E-state index in [2.05, 4.69) is 19.9 Å². The molecule has 3 rings (SSSR count). The molecule has 0 fully saturated rings. The highest BCUT2D eigenvalue weighted by Crippen LogP contribution is 2.33. The van der Waals surface area contributed by atoms with Crippen LogP contribution in [0.2, 0.25) is 0 Å². The highest BCUT2D eigenvalue weighted by atomic mass is 16.6. The first-order valence-electron chi connectivity index (χ1n) is 7.73. The van der Waals surface area contributed by atoms with Crippen LogP contribution in [-0.4, -0.2) is 24.9 Å². The number of rotatable bonds is 4. The maximum atomic E-state index is 12.6. The van der Waals surface area contributed by atoms with Crippen molar-refractivity contribution in [1.82, 2.24) is 19.9 Å². The Morgan fingerprint density at radius 1 is 0.857 bits per heavy atom. The average Bonchev–Trinajstić information content (AvgIpc) is 2.58. The molecule has 144 valence electrons. The number of nitrogen functional groups attached to an aromatic ring is 4. The molecule has 0 aliphatic carbocycles. The van der Waals surface area contributed by atoms with Crippen LogP contribution in [-0.2, 0) is 0 Å². The fourth-order valence-corrected chi connectivity index (χ4v) is 2.86. The molecular weight excluding hydrogens is 370 g/mol. The SMILES string of the molecule is Nc1nc(N)c(C(c2ccc([N+](=O)[O-])cc2)c2c(N)nc(N)[nH]c2=O)c(=O)[nH]1. The second-order valence-electron chi connectivity index (χ2n) is 5.78. The molecule has 0 aliphatic rings. The van der Waals surface area contributed by atoms with E-state index in [1.807, 2.05) is 0 Å². The van der Waals surface area contributed by atoms with E-state index in [-0.39, 0.29) is 40.3 Å². The van der Waals surface area contributed by atoms with Gasteiger partial charge in [-0.1, -0.05) is 12.1 Å². The van der Waals surface area contributed by atoms with Gasteiger partial charge in [-0.05, 0) is 5.56 Å². The van der Waals surface area contributed by atoms with Gasteiger partial charge in [-0.2, -0.15) is 9.97 Å². The summed E-state index contributed by atoms with van der Waals surface area (Å²) in [5.41, 5.74) is 21.3. The van der Waals surface area contributed by atoms with Crippen molar-refractivity contribution in [2.75, 3.05) is 22.9 Å². The number of H-pyrrole nitrogens is 2. The van der Waals surface area contributed by atoms with E-state index in [1.54, 1.807) is 0 Å². The minimum absolute atomic E-state index is 0.119.